The van der Waals surface area contributed by atoms with E-state index in [9.17, 15) is 4.79 Å². The summed E-state index contributed by atoms with van der Waals surface area (Å²) in [5, 5.41) is 11.3. The van der Waals surface area contributed by atoms with Crippen molar-refractivity contribution >= 4 is 11.7 Å². The van der Waals surface area contributed by atoms with E-state index in [4.69, 9.17) is 11.0 Å². The highest BCUT2D eigenvalue weighted by atomic mass is 16.1. The summed E-state index contributed by atoms with van der Waals surface area (Å²) in [6.45, 7) is 0.243. The first-order chi connectivity index (χ1) is 10.2. The second-order valence-electron chi connectivity index (χ2n) is 3.91. The molecule has 0 atom stereocenters. The van der Waals surface area contributed by atoms with Gasteiger partial charge in [0.15, 0.2) is 0 Å². The fourth-order valence-electron chi connectivity index (χ4n) is 1.49. The smallest absolute Gasteiger partial charge is 0.275 e. The van der Waals surface area contributed by atoms with Gasteiger partial charge in [0.25, 0.3) is 5.91 Å². The van der Waals surface area contributed by atoms with Crippen LogP contribution in [-0.4, -0.2) is 22.4 Å². The first kappa shape index (κ1) is 14.2. The van der Waals surface area contributed by atoms with Crippen molar-refractivity contribution in [2.24, 2.45) is 5.73 Å². The van der Waals surface area contributed by atoms with E-state index >= 15 is 0 Å². The van der Waals surface area contributed by atoms with Crippen LogP contribution in [0, 0.1) is 23.2 Å². The molecule has 2 aromatic rings. The predicted molar refractivity (Wildman–Crippen MR) is 77.1 cm³/mol. The van der Waals surface area contributed by atoms with Gasteiger partial charge >= 0.3 is 0 Å². The van der Waals surface area contributed by atoms with Gasteiger partial charge < -0.3 is 11.1 Å². The standard InChI is InChI=1S/C15H11N5O/c16-8-2-4-12-3-1-5-14(19-12)20-15(21)13-7-6-11(9-17)10-18-13/h1,3,5-7,10H,8,16H2,(H,19,20,21). The van der Waals surface area contributed by atoms with E-state index in [2.05, 4.69) is 27.1 Å². The summed E-state index contributed by atoms with van der Waals surface area (Å²) in [7, 11) is 0. The molecule has 1 amide bonds. The Morgan fingerprint density at radius 1 is 1.33 bits per heavy atom. The van der Waals surface area contributed by atoms with Gasteiger partial charge in [-0.25, -0.2) is 9.97 Å². The van der Waals surface area contributed by atoms with Crippen LogP contribution in [0.4, 0.5) is 5.82 Å². The zero-order valence-corrected chi connectivity index (χ0v) is 11.0. The number of rotatable bonds is 2. The molecule has 0 spiro atoms. The molecule has 0 aliphatic rings. The molecule has 0 unspecified atom stereocenters. The van der Waals surface area contributed by atoms with E-state index in [1.807, 2.05) is 6.07 Å². The Kier molecular flexibility index (Phi) is 4.60. The Hall–Kier alpha value is -3.22. The van der Waals surface area contributed by atoms with Gasteiger partial charge in [-0.2, -0.15) is 5.26 Å². The molecule has 6 nitrogen and oxygen atoms in total. The van der Waals surface area contributed by atoms with Crippen molar-refractivity contribution in [2.45, 2.75) is 0 Å². The molecule has 0 saturated heterocycles. The van der Waals surface area contributed by atoms with E-state index in [1.54, 1.807) is 18.2 Å². The molecule has 2 heterocycles. The lowest BCUT2D eigenvalue weighted by atomic mass is 10.2. The van der Waals surface area contributed by atoms with Gasteiger partial charge in [0.05, 0.1) is 12.1 Å². The molecule has 0 radical (unpaired) electrons. The highest BCUT2D eigenvalue weighted by Crippen LogP contribution is 2.07. The molecule has 3 N–H and O–H groups in total. The maximum absolute atomic E-state index is 12.0. The van der Waals surface area contributed by atoms with E-state index in [1.165, 1.54) is 18.3 Å². The molecule has 0 aliphatic heterocycles. The van der Waals surface area contributed by atoms with Crippen molar-refractivity contribution in [3.05, 3.63) is 53.5 Å². The van der Waals surface area contributed by atoms with E-state index < -0.39 is 5.91 Å². The molecular weight excluding hydrogens is 266 g/mol. The number of amides is 1. The first-order valence-corrected chi connectivity index (χ1v) is 6.06. The second-order valence-corrected chi connectivity index (χ2v) is 3.91. The molecular formula is C15H11N5O. The van der Waals surface area contributed by atoms with Gasteiger partial charge in [0.2, 0.25) is 0 Å². The fraction of sp³-hybridized carbons (Fsp3) is 0.0667. The quantitative estimate of drug-likeness (QED) is 0.794. The van der Waals surface area contributed by atoms with Crippen LogP contribution >= 0.6 is 0 Å². The number of aromatic nitrogens is 2. The zero-order chi connectivity index (χ0) is 15.1. The van der Waals surface area contributed by atoms with Crippen LogP contribution in [0.2, 0.25) is 0 Å². The SMILES string of the molecule is N#Cc1ccc(C(=O)Nc2cccc(C#CCN)n2)nc1. The molecule has 102 valence electrons. The number of nitriles is 1. The molecule has 6 heteroatoms. The van der Waals surface area contributed by atoms with Crippen molar-refractivity contribution in [2.75, 3.05) is 11.9 Å². The predicted octanol–water partition coefficient (Wildman–Crippen LogP) is 0.911. The molecule has 2 rings (SSSR count). The lowest BCUT2D eigenvalue weighted by Gasteiger charge is -2.04. The van der Waals surface area contributed by atoms with Crippen LogP contribution in [0.5, 0.6) is 0 Å². The van der Waals surface area contributed by atoms with Crippen LogP contribution in [0.15, 0.2) is 36.5 Å². The number of carbonyl (C=O) groups is 1. The van der Waals surface area contributed by atoms with Crippen molar-refractivity contribution in [1.29, 1.82) is 5.26 Å². The van der Waals surface area contributed by atoms with Crippen molar-refractivity contribution < 1.29 is 4.79 Å². The van der Waals surface area contributed by atoms with Crippen LogP contribution < -0.4 is 11.1 Å². The lowest BCUT2D eigenvalue weighted by Crippen LogP contribution is -2.14. The Morgan fingerprint density at radius 2 is 2.19 bits per heavy atom. The minimum atomic E-state index is -0.407. The normalized spacial score (nSPS) is 9.14. The van der Waals surface area contributed by atoms with Gasteiger partial charge in [0, 0.05) is 6.20 Å². The average Bonchev–Trinajstić information content (AvgIpc) is 2.53. The summed E-state index contributed by atoms with van der Waals surface area (Å²) in [5.41, 5.74) is 6.41. The van der Waals surface area contributed by atoms with Gasteiger partial charge in [-0.3, -0.25) is 4.79 Å². The lowest BCUT2D eigenvalue weighted by molar-refractivity contribution is 0.102. The zero-order valence-electron chi connectivity index (χ0n) is 11.0. The molecule has 21 heavy (non-hydrogen) atoms. The number of nitrogens with two attached hydrogens (primary N) is 1. The van der Waals surface area contributed by atoms with Crippen LogP contribution in [0.25, 0.3) is 0 Å². The number of nitrogens with zero attached hydrogens (tertiary/aromatic N) is 3. The molecule has 0 saturated carbocycles. The second kappa shape index (κ2) is 6.80. The minimum absolute atomic E-state index is 0.203. The van der Waals surface area contributed by atoms with Crippen molar-refractivity contribution in [3.8, 4) is 17.9 Å². The number of anilines is 1. The highest BCUT2D eigenvalue weighted by molar-refractivity contribution is 6.02. The summed E-state index contributed by atoms with van der Waals surface area (Å²) in [6.07, 6.45) is 1.34. The van der Waals surface area contributed by atoms with Crippen LogP contribution in [0.3, 0.4) is 0 Å². The van der Waals surface area contributed by atoms with E-state index in [-0.39, 0.29) is 12.2 Å². The highest BCUT2D eigenvalue weighted by Gasteiger charge is 2.08. The molecule has 0 aromatic carbocycles. The van der Waals surface area contributed by atoms with E-state index in [0.717, 1.165) is 0 Å². The molecule has 0 bridgehead atoms. The maximum atomic E-state index is 12.0. The molecule has 2 aromatic heterocycles. The largest absolute Gasteiger partial charge is 0.320 e. The summed E-state index contributed by atoms with van der Waals surface area (Å²) in [5.74, 6) is 5.44. The first-order valence-electron chi connectivity index (χ1n) is 6.06. The monoisotopic (exact) mass is 277 g/mol. The minimum Gasteiger partial charge on any atom is -0.320 e. The Labute approximate surface area is 121 Å². The number of hydrogen-bond acceptors (Lipinski definition) is 5. The van der Waals surface area contributed by atoms with E-state index in [0.29, 0.717) is 17.1 Å². The average molecular weight is 277 g/mol. The molecule has 0 aliphatic carbocycles. The van der Waals surface area contributed by atoms with Crippen LogP contribution in [0.1, 0.15) is 21.7 Å². The third-order valence-electron chi connectivity index (χ3n) is 2.43. The third kappa shape index (κ3) is 3.87. The summed E-state index contributed by atoms with van der Waals surface area (Å²) < 4.78 is 0. The fourth-order valence-corrected chi connectivity index (χ4v) is 1.49. The summed E-state index contributed by atoms with van der Waals surface area (Å²) >= 11 is 0. The number of hydrogen-bond donors (Lipinski definition) is 2. The Bertz CT molecular complexity index is 750. The Morgan fingerprint density at radius 3 is 2.86 bits per heavy atom. The van der Waals surface area contributed by atoms with Gasteiger partial charge in [0.1, 0.15) is 23.3 Å². The van der Waals surface area contributed by atoms with Gasteiger partial charge in [-0.1, -0.05) is 12.0 Å². The number of nitrogens with one attached hydrogen (secondary N) is 1. The Balaban J connectivity index is 2.13. The van der Waals surface area contributed by atoms with Crippen molar-refractivity contribution in [3.63, 3.8) is 0 Å². The summed E-state index contributed by atoms with van der Waals surface area (Å²) in [6, 6.07) is 10.0. The van der Waals surface area contributed by atoms with Crippen LogP contribution in [-0.2, 0) is 0 Å². The topological polar surface area (TPSA) is 105 Å². The third-order valence-corrected chi connectivity index (χ3v) is 2.43. The summed E-state index contributed by atoms with van der Waals surface area (Å²) in [4.78, 5) is 20.1. The number of carbonyl (C=O) groups excluding carboxylic acids is 1. The molecule has 0 fully saturated rings. The van der Waals surface area contributed by atoms with Gasteiger partial charge in [-0.15, -0.1) is 0 Å². The van der Waals surface area contributed by atoms with Gasteiger partial charge in [-0.05, 0) is 30.2 Å². The van der Waals surface area contributed by atoms with Crippen molar-refractivity contribution in [1.82, 2.24) is 9.97 Å². The number of pyridine rings is 2. The maximum Gasteiger partial charge on any atom is 0.275 e.